The van der Waals surface area contributed by atoms with Crippen molar-refractivity contribution in [1.82, 2.24) is 5.32 Å². The Balaban J connectivity index is 1.69. The van der Waals surface area contributed by atoms with Crippen LogP contribution in [0.25, 0.3) is 0 Å². The van der Waals surface area contributed by atoms with Crippen molar-refractivity contribution in [3.63, 3.8) is 0 Å². The molecule has 21 heavy (non-hydrogen) atoms. The van der Waals surface area contributed by atoms with Gasteiger partial charge in [-0.05, 0) is 42.8 Å². The summed E-state index contributed by atoms with van der Waals surface area (Å²) in [6.45, 7) is 2.68. The Labute approximate surface area is 127 Å². The van der Waals surface area contributed by atoms with Gasteiger partial charge in [-0.2, -0.15) is 0 Å². The molecule has 1 heterocycles. The fourth-order valence-electron chi connectivity index (χ4n) is 2.24. The molecule has 0 aliphatic carbocycles. The summed E-state index contributed by atoms with van der Waals surface area (Å²) >= 11 is 5.89. The Bertz CT molecular complexity index is 663. The number of ether oxygens (including phenoxy) is 2. The number of rotatable bonds is 4. The van der Waals surface area contributed by atoms with E-state index < -0.39 is 0 Å². The zero-order valence-electron chi connectivity index (χ0n) is 11.5. The molecule has 2 aromatic carbocycles. The molecular formula is C16H15ClFNO2. The van der Waals surface area contributed by atoms with Crippen molar-refractivity contribution in [3.8, 4) is 11.5 Å². The summed E-state index contributed by atoms with van der Waals surface area (Å²) in [6, 6.07) is 10.4. The summed E-state index contributed by atoms with van der Waals surface area (Å²) in [5.41, 5.74) is 1.61. The van der Waals surface area contributed by atoms with Crippen LogP contribution in [0.1, 0.15) is 24.1 Å². The molecule has 1 aliphatic heterocycles. The van der Waals surface area contributed by atoms with Crippen molar-refractivity contribution in [2.75, 3.05) is 6.79 Å². The molecule has 3 nitrogen and oxygen atoms in total. The maximum atomic E-state index is 13.7. The minimum atomic E-state index is -0.259. The van der Waals surface area contributed by atoms with Gasteiger partial charge in [0, 0.05) is 23.2 Å². The predicted molar refractivity (Wildman–Crippen MR) is 79.2 cm³/mol. The molecule has 110 valence electrons. The molecular weight excluding hydrogens is 293 g/mol. The third-order valence-corrected chi connectivity index (χ3v) is 3.74. The molecule has 0 amide bonds. The lowest BCUT2D eigenvalue weighted by atomic mass is 10.1. The fraction of sp³-hybridized carbons (Fsp3) is 0.250. The minimum Gasteiger partial charge on any atom is -0.454 e. The van der Waals surface area contributed by atoms with E-state index in [1.165, 1.54) is 6.07 Å². The summed E-state index contributed by atoms with van der Waals surface area (Å²) in [6.07, 6.45) is 0. The van der Waals surface area contributed by atoms with E-state index in [0.29, 0.717) is 17.1 Å². The van der Waals surface area contributed by atoms with E-state index in [4.69, 9.17) is 21.1 Å². The molecule has 0 bridgehead atoms. The molecule has 0 saturated heterocycles. The van der Waals surface area contributed by atoms with Gasteiger partial charge in [0.15, 0.2) is 11.5 Å². The third kappa shape index (κ3) is 3.12. The predicted octanol–water partition coefficient (Wildman–Crippen LogP) is 4.06. The van der Waals surface area contributed by atoms with E-state index in [1.54, 1.807) is 12.1 Å². The van der Waals surface area contributed by atoms with Gasteiger partial charge < -0.3 is 14.8 Å². The van der Waals surface area contributed by atoms with Gasteiger partial charge in [-0.3, -0.25) is 0 Å². The summed E-state index contributed by atoms with van der Waals surface area (Å²) in [5, 5.41) is 3.81. The first-order chi connectivity index (χ1) is 10.1. The molecule has 1 N–H and O–H groups in total. The Morgan fingerprint density at radius 3 is 2.86 bits per heavy atom. The molecule has 0 saturated carbocycles. The number of halogens is 2. The normalized spacial score (nSPS) is 14.2. The average Bonchev–Trinajstić information content (AvgIpc) is 2.95. The van der Waals surface area contributed by atoms with Crippen LogP contribution in [-0.4, -0.2) is 6.79 Å². The number of hydrogen-bond acceptors (Lipinski definition) is 3. The number of fused-ring (bicyclic) bond motifs is 1. The molecule has 5 heteroatoms. The Hall–Kier alpha value is -1.78. The Morgan fingerprint density at radius 1 is 1.19 bits per heavy atom. The van der Waals surface area contributed by atoms with Crippen LogP contribution in [0.3, 0.4) is 0 Å². The quantitative estimate of drug-likeness (QED) is 0.924. The van der Waals surface area contributed by atoms with Crippen LogP contribution >= 0.6 is 11.6 Å². The number of hydrogen-bond donors (Lipinski definition) is 1. The van der Waals surface area contributed by atoms with E-state index in [9.17, 15) is 4.39 Å². The Morgan fingerprint density at radius 2 is 2.00 bits per heavy atom. The van der Waals surface area contributed by atoms with Crippen LogP contribution in [0.4, 0.5) is 4.39 Å². The average molecular weight is 308 g/mol. The highest BCUT2D eigenvalue weighted by Gasteiger charge is 2.15. The van der Waals surface area contributed by atoms with E-state index in [2.05, 4.69) is 5.32 Å². The molecule has 1 atom stereocenters. The second kappa shape index (κ2) is 5.92. The maximum Gasteiger partial charge on any atom is 0.231 e. The zero-order chi connectivity index (χ0) is 14.8. The molecule has 0 fully saturated rings. The molecule has 1 unspecified atom stereocenters. The van der Waals surface area contributed by atoms with Crippen LogP contribution in [0.5, 0.6) is 11.5 Å². The molecule has 2 aromatic rings. The third-order valence-electron chi connectivity index (χ3n) is 3.50. The van der Waals surface area contributed by atoms with Gasteiger partial charge in [-0.1, -0.05) is 17.7 Å². The monoisotopic (exact) mass is 307 g/mol. The van der Waals surface area contributed by atoms with Gasteiger partial charge >= 0.3 is 0 Å². The van der Waals surface area contributed by atoms with Crippen LogP contribution in [0.2, 0.25) is 5.02 Å². The first-order valence-corrected chi connectivity index (χ1v) is 7.08. The van der Waals surface area contributed by atoms with E-state index in [1.807, 2.05) is 25.1 Å². The molecule has 3 rings (SSSR count). The maximum absolute atomic E-state index is 13.7. The molecule has 0 radical (unpaired) electrons. The lowest BCUT2D eigenvalue weighted by molar-refractivity contribution is 0.174. The molecule has 1 aliphatic rings. The SMILES string of the molecule is CC(NCc1cc(Cl)ccc1F)c1ccc2c(c1)OCO2. The van der Waals surface area contributed by atoms with Gasteiger partial charge in [0.05, 0.1) is 0 Å². The summed E-state index contributed by atoms with van der Waals surface area (Å²) in [4.78, 5) is 0. The Kier molecular flexibility index (Phi) is 3.99. The van der Waals surface area contributed by atoms with Crippen molar-refractivity contribution in [3.05, 3.63) is 58.4 Å². The van der Waals surface area contributed by atoms with E-state index in [-0.39, 0.29) is 18.7 Å². The topological polar surface area (TPSA) is 30.5 Å². The fourth-order valence-corrected chi connectivity index (χ4v) is 2.44. The van der Waals surface area contributed by atoms with Gasteiger partial charge in [0.25, 0.3) is 0 Å². The van der Waals surface area contributed by atoms with Crippen molar-refractivity contribution >= 4 is 11.6 Å². The van der Waals surface area contributed by atoms with Gasteiger partial charge in [-0.15, -0.1) is 0 Å². The van der Waals surface area contributed by atoms with Gasteiger partial charge in [0.1, 0.15) is 5.82 Å². The zero-order valence-corrected chi connectivity index (χ0v) is 12.3. The standard InChI is InChI=1S/C16H15ClFNO2/c1-10(11-2-5-15-16(7-11)21-9-20-15)19-8-12-6-13(17)3-4-14(12)18/h2-7,10,19H,8-9H2,1H3. The molecule has 0 aromatic heterocycles. The highest BCUT2D eigenvalue weighted by molar-refractivity contribution is 6.30. The lowest BCUT2D eigenvalue weighted by Gasteiger charge is -2.15. The lowest BCUT2D eigenvalue weighted by Crippen LogP contribution is -2.18. The minimum absolute atomic E-state index is 0.0536. The van der Waals surface area contributed by atoms with Gasteiger partial charge in [0.2, 0.25) is 6.79 Å². The van der Waals surface area contributed by atoms with Crippen molar-refractivity contribution in [2.45, 2.75) is 19.5 Å². The van der Waals surface area contributed by atoms with E-state index in [0.717, 1.165) is 17.1 Å². The van der Waals surface area contributed by atoms with Crippen LogP contribution in [-0.2, 0) is 6.54 Å². The van der Waals surface area contributed by atoms with E-state index >= 15 is 0 Å². The summed E-state index contributed by atoms with van der Waals surface area (Å²) < 4.78 is 24.3. The highest BCUT2D eigenvalue weighted by Crippen LogP contribution is 2.34. The largest absolute Gasteiger partial charge is 0.454 e. The second-order valence-corrected chi connectivity index (χ2v) is 5.39. The first kappa shape index (κ1) is 14.2. The smallest absolute Gasteiger partial charge is 0.231 e. The molecule has 0 spiro atoms. The van der Waals surface area contributed by atoms with Crippen molar-refractivity contribution < 1.29 is 13.9 Å². The van der Waals surface area contributed by atoms with Crippen molar-refractivity contribution in [2.24, 2.45) is 0 Å². The van der Waals surface area contributed by atoms with Crippen LogP contribution in [0, 0.1) is 5.82 Å². The summed E-state index contributed by atoms with van der Waals surface area (Å²) in [7, 11) is 0. The van der Waals surface area contributed by atoms with Crippen LogP contribution in [0.15, 0.2) is 36.4 Å². The van der Waals surface area contributed by atoms with Crippen molar-refractivity contribution in [1.29, 1.82) is 0 Å². The second-order valence-electron chi connectivity index (χ2n) is 4.95. The first-order valence-electron chi connectivity index (χ1n) is 6.70. The number of nitrogens with one attached hydrogen (secondary N) is 1. The summed E-state index contributed by atoms with van der Waals surface area (Å²) in [5.74, 6) is 1.24. The number of benzene rings is 2. The van der Waals surface area contributed by atoms with Crippen LogP contribution < -0.4 is 14.8 Å². The highest BCUT2D eigenvalue weighted by atomic mass is 35.5. The van der Waals surface area contributed by atoms with Gasteiger partial charge in [-0.25, -0.2) is 4.39 Å².